The van der Waals surface area contributed by atoms with E-state index in [1.807, 2.05) is 17.8 Å². The molecule has 0 unspecified atom stereocenters. The zero-order chi connectivity index (χ0) is 19.8. The number of fused-ring (bicyclic) bond motifs is 2. The number of piperidine rings is 1. The molecule has 0 amide bonds. The SMILES string of the molecule is C[C@@H]1[C@@H](c2cc3c(Nc4ccc5scnc5c4)ccnc3s2)CCCN1CCO. The maximum Gasteiger partial charge on any atom is 0.125 e. The quantitative estimate of drug-likeness (QED) is 0.460. The molecule has 2 N–H and O–H groups in total. The molecule has 4 heterocycles. The Balaban J connectivity index is 1.46. The van der Waals surface area contributed by atoms with Gasteiger partial charge in [0.25, 0.3) is 0 Å². The number of rotatable bonds is 5. The number of nitrogens with zero attached hydrogens (tertiary/aromatic N) is 3. The molecule has 2 atom stereocenters. The van der Waals surface area contributed by atoms with Gasteiger partial charge in [-0.25, -0.2) is 9.97 Å². The van der Waals surface area contributed by atoms with Crippen LogP contribution in [0.3, 0.4) is 0 Å². The van der Waals surface area contributed by atoms with Crippen LogP contribution in [-0.4, -0.2) is 45.7 Å². The van der Waals surface area contributed by atoms with Gasteiger partial charge in [0.2, 0.25) is 0 Å². The molecule has 3 aromatic heterocycles. The maximum absolute atomic E-state index is 9.38. The van der Waals surface area contributed by atoms with Crippen molar-refractivity contribution in [2.24, 2.45) is 0 Å². The fourth-order valence-electron chi connectivity index (χ4n) is 4.38. The molecule has 0 aliphatic carbocycles. The van der Waals surface area contributed by atoms with Gasteiger partial charge in [0.05, 0.1) is 28.0 Å². The fraction of sp³-hybridized carbons (Fsp3) is 0.364. The number of hydrogen-bond donors (Lipinski definition) is 2. The number of aliphatic hydroxyl groups excluding tert-OH is 1. The summed E-state index contributed by atoms with van der Waals surface area (Å²) in [6, 6.07) is 11.1. The van der Waals surface area contributed by atoms with E-state index in [1.54, 1.807) is 22.7 Å². The van der Waals surface area contributed by atoms with Crippen molar-refractivity contribution in [2.45, 2.75) is 31.7 Å². The minimum atomic E-state index is 0.225. The van der Waals surface area contributed by atoms with Crippen molar-refractivity contribution < 1.29 is 5.11 Å². The van der Waals surface area contributed by atoms with E-state index >= 15 is 0 Å². The van der Waals surface area contributed by atoms with Crippen molar-refractivity contribution in [3.05, 3.63) is 46.9 Å². The summed E-state index contributed by atoms with van der Waals surface area (Å²) < 4.78 is 1.20. The second-order valence-electron chi connectivity index (χ2n) is 7.63. The summed E-state index contributed by atoms with van der Waals surface area (Å²) in [5.74, 6) is 0.494. The number of anilines is 2. The van der Waals surface area contributed by atoms with Gasteiger partial charge in [-0.2, -0.15) is 0 Å². The van der Waals surface area contributed by atoms with Crippen molar-refractivity contribution in [1.29, 1.82) is 0 Å². The molecule has 1 fully saturated rings. The Morgan fingerprint density at radius 1 is 1.24 bits per heavy atom. The van der Waals surface area contributed by atoms with Crippen LogP contribution in [0.25, 0.3) is 20.4 Å². The van der Waals surface area contributed by atoms with E-state index < -0.39 is 0 Å². The topological polar surface area (TPSA) is 61.3 Å². The van der Waals surface area contributed by atoms with E-state index in [2.05, 4.69) is 51.4 Å². The van der Waals surface area contributed by atoms with Gasteiger partial charge in [0.1, 0.15) is 4.83 Å². The van der Waals surface area contributed by atoms with Gasteiger partial charge in [0, 0.05) is 40.7 Å². The second kappa shape index (κ2) is 7.99. The van der Waals surface area contributed by atoms with Crippen molar-refractivity contribution in [3.8, 4) is 0 Å². The molecule has 1 aromatic carbocycles. The molecule has 0 saturated carbocycles. The number of β-amino-alcohol motifs (C(OH)–C–C–N with tert-alkyl or cyclic N) is 1. The van der Waals surface area contributed by atoms with E-state index in [9.17, 15) is 5.11 Å². The molecule has 0 spiro atoms. The third kappa shape index (κ3) is 3.64. The summed E-state index contributed by atoms with van der Waals surface area (Å²) in [5.41, 5.74) is 5.04. The van der Waals surface area contributed by atoms with Crippen molar-refractivity contribution >= 4 is 54.5 Å². The number of pyridine rings is 1. The lowest BCUT2D eigenvalue weighted by atomic mass is 9.88. The smallest absolute Gasteiger partial charge is 0.125 e. The predicted molar refractivity (Wildman–Crippen MR) is 123 cm³/mol. The summed E-state index contributed by atoms with van der Waals surface area (Å²) >= 11 is 3.47. The van der Waals surface area contributed by atoms with E-state index in [0.29, 0.717) is 12.0 Å². The summed E-state index contributed by atoms with van der Waals surface area (Å²) in [6.07, 6.45) is 4.25. The van der Waals surface area contributed by atoms with Crippen LogP contribution in [0.5, 0.6) is 0 Å². The molecule has 29 heavy (non-hydrogen) atoms. The normalized spacial score (nSPS) is 20.5. The molecule has 1 aliphatic heterocycles. The Bertz CT molecular complexity index is 1140. The standard InChI is InChI=1S/C22H24N4OS2/c1-14-16(3-2-8-26(14)9-10-27)21-12-17-18(6-7-23-22(17)29-21)25-15-4-5-20-19(11-15)24-13-28-20/h4-7,11-14,16,27H,2-3,8-10H2,1H3,(H,23,25)/t14-,16+/m1/s1. The third-order valence-corrected chi connectivity index (χ3v) is 7.92. The van der Waals surface area contributed by atoms with Crippen LogP contribution >= 0.6 is 22.7 Å². The number of aliphatic hydroxyl groups is 1. The molecule has 0 radical (unpaired) electrons. The van der Waals surface area contributed by atoms with E-state index in [4.69, 9.17) is 0 Å². The highest BCUT2D eigenvalue weighted by molar-refractivity contribution is 7.18. The molecular weight excluding hydrogens is 400 g/mol. The first-order valence-electron chi connectivity index (χ1n) is 10.1. The fourth-order valence-corrected chi connectivity index (χ4v) is 6.30. The highest BCUT2D eigenvalue weighted by atomic mass is 32.1. The van der Waals surface area contributed by atoms with Crippen LogP contribution < -0.4 is 5.32 Å². The minimum absolute atomic E-state index is 0.225. The van der Waals surface area contributed by atoms with Crippen molar-refractivity contribution in [2.75, 3.05) is 25.0 Å². The number of benzene rings is 1. The Morgan fingerprint density at radius 3 is 3.07 bits per heavy atom. The van der Waals surface area contributed by atoms with Crippen LogP contribution in [-0.2, 0) is 0 Å². The largest absolute Gasteiger partial charge is 0.395 e. The third-order valence-electron chi connectivity index (χ3n) is 5.94. The van der Waals surface area contributed by atoms with Crippen molar-refractivity contribution in [1.82, 2.24) is 14.9 Å². The monoisotopic (exact) mass is 424 g/mol. The van der Waals surface area contributed by atoms with Gasteiger partial charge in [-0.05, 0) is 56.6 Å². The maximum atomic E-state index is 9.38. The predicted octanol–water partition coefficient (Wildman–Crippen LogP) is 5.21. The van der Waals surface area contributed by atoms with E-state index in [1.165, 1.54) is 27.8 Å². The van der Waals surface area contributed by atoms with Crippen LogP contribution in [0.2, 0.25) is 0 Å². The average Bonchev–Trinajstić information content (AvgIpc) is 3.36. The van der Waals surface area contributed by atoms with Gasteiger partial charge < -0.3 is 10.4 Å². The molecule has 1 aliphatic rings. The Hall–Kier alpha value is -2.06. The number of nitrogens with one attached hydrogen (secondary N) is 1. The lowest BCUT2D eigenvalue weighted by Gasteiger charge is -2.38. The highest BCUT2D eigenvalue weighted by Crippen LogP contribution is 2.40. The van der Waals surface area contributed by atoms with Crippen LogP contribution in [0, 0.1) is 0 Å². The summed E-state index contributed by atoms with van der Waals surface area (Å²) in [6.45, 7) is 4.35. The number of hydrogen-bond acceptors (Lipinski definition) is 7. The molecule has 0 bridgehead atoms. The Morgan fingerprint density at radius 2 is 2.17 bits per heavy atom. The Labute approximate surface area is 178 Å². The first kappa shape index (κ1) is 18.9. The van der Waals surface area contributed by atoms with Crippen LogP contribution in [0.4, 0.5) is 11.4 Å². The van der Waals surface area contributed by atoms with E-state index in [0.717, 1.165) is 34.8 Å². The molecule has 4 aromatic rings. The molecule has 7 heteroatoms. The minimum Gasteiger partial charge on any atom is -0.395 e. The number of aromatic nitrogens is 2. The van der Waals surface area contributed by atoms with Gasteiger partial charge in [-0.15, -0.1) is 22.7 Å². The summed E-state index contributed by atoms with van der Waals surface area (Å²) in [7, 11) is 0. The molecule has 1 saturated heterocycles. The average molecular weight is 425 g/mol. The van der Waals surface area contributed by atoms with Crippen LogP contribution in [0.15, 0.2) is 42.0 Å². The van der Waals surface area contributed by atoms with Gasteiger partial charge in [-0.3, -0.25) is 4.90 Å². The number of thiazole rings is 1. The first-order valence-corrected chi connectivity index (χ1v) is 11.8. The van der Waals surface area contributed by atoms with Crippen molar-refractivity contribution in [3.63, 3.8) is 0 Å². The molecule has 5 rings (SSSR count). The number of thiophene rings is 1. The lowest BCUT2D eigenvalue weighted by Crippen LogP contribution is -2.43. The van der Waals surface area contributed by atoms with Gasteiger partial charge >= 0.3 is 0 Å². The summed E-state index contributed by atoms with van der Waals surface area (Å²) in [5, 5.41) is 14.1. The molecular formula is C22H24N4OS2. The van der Waals surface area contributed by atoms with Gasteiger partial charge in [-0.1, -0.05) is 0 Å². The first-order chi connectivity index (χ1) is 14.2. The molecule has 5 nitrogen and oxygen atoms in total. The molecule has 150 valence electrons. The second-order valence-corrected chi connectivity index (χ2v) is 9.58. The summed E-state index contributed by atoms with van der Waals surface area (Å²) in [4.78, 5) is 13.9. The zero-order valence-electron chi connectivity index (χ0n) is 16.3. The number of likely N-dealkylation sites (tertiary alicyclic amines) is 1. The lowest BCUT2D eigenvalue weighted by molar-refractivity contribution is 0.111. The van der Waals surface area contributed by atoms with Crippen LogP contribution in [0.1, 0.15) is 30.6 Å². The zero-order valence-corrected chi connectivity index (χ0v) is 18.0. The highest BCUT2D eigenvalue weighted by Gasteiger charge is 2.30. The van der Waals surface area contributed by atoms with E-state index in [-0.39, 0.29) is 6.61 Å². The van der Waals surface area contributed by atoms with Gasteiger partial charge in [0.15, 0.2) is 0 Å². The Kier molecular flexibility index (Phi) is 5.22.